The summed E-state index contributed by atoms with van der Waals surface area (Å²) in [6.45, 7) is 1.59. The van der Waals surface area contributed by atoms with E-state index in [-0.39, 0.29) is 23.0 Å². The fourth-order valence-electron chi connectivity index (χ4n) is 2.58. The third-order valence-corrected chi connectivity index (χ3v) is 4.00. The van der Waals surface area contributed by atoms with Gasteiger partial charge in [0.15, 0.2) is 11.6 Å². The van der Waals surface area contributed by atoms with E-state index in [1.54, 1.807) is 24.3 Å². The van der Waals surface area contributed by atoms with E-state index in [0.29, 0.717) is 29.1 Å². The van der Waals surface area contributed by atoms with Crippen molar-refractivity contribution in [1.29, 1.82) is 0 Å². The molecule has 26 heavy (non-hydrogen) atoms. The van der Waals surface area contributed by atoms with Gasteiger partial charge in [-0.25, -0.2) is 9.37 Å². The highest BCUT2D eigenvalue weighted by Crippen LogP contribution is 2.20. The molecule has 0 saturated carbocycles. The molecule has 2 aromatic heterocycles. The standard InChI is InChI=1S/C18H16ClFN4O2/c1-10(25)23-15-5-7-22-17(16(15)20)21-6-4-11-8-12-9-13(19)2-3-14(12)24-18(11)26/h2-3,5,7-9H,4,6H2,1H3,(H,24,26)(H2,21,22,23,25). The van der Waals surface area contributed by atoms with E-state index in [9.17, 15) is 14.0 Å². The summed E-state index contributed by atoms with van der Waals surface area (Å²) in [6, 6.07) is 8.35. The number of anilines is 2. The largest absolute Gasteiger partial charge is 0.367 e. The zero-order valence-electron chi connectivity index (χ0n) is 13.9. The highest BCUT2D eigenvalue weighted by molar-refractivity contribution is 6.31. The van der Waals surface area contributed by atoms with Gasteiger partial charge in [-0.3, -0.25) is 9.59 Å². The number of fused-ring (bicyclic) bond motifs is 1. The summed E-state index contributed by atoms with van der Waals surface area (Å²) in [5.41, 5.74) is 1.09. The summed E-state index contributed by atoms with van der Waals surface area (Å²) in [5, 5.41) is 6.64. The number of amides is 1. The lowest BCUT2D eigenvalue weighted by Gasteiger charge is -2.10. The number of benzene rings is 1. The van der Waals surface area contributed by atoms with Gasteiger partial charge in [-0.15, -0.1) is 0 Å². The maximum Gasteiger partial charge on any atom is 0.251 e. The molecule has 134 valence electrons. The van der Waals surface area contributed by atoms with Crippen molar-refractivity contribution in [3.05, 3.63) is 63.3 Å². The third-order valence-electron chi connectivity index (χ3n) is 3.77. The first-order chi connectivity index (χ1) is 12.4. The second-order valence-electron chi connectivity index (χ2n) is 5.73. The molecule has 0 spiro atoms. The number of carbonyl (C=O) groups is 1. The summed E-state index contributed by atoms with van der Waals surface area (Å²) in [4.78, 5) is 29.9. The van der Waals surface area contributed by atoms with E-state index in [1.807, 2.05) is 0 Å². The van der Waals surface area contributed by atoms with Gasteiger partial charge in [-0.05, 0) is 42.1 Å². The van der Waals surface area contributed by atoms with Crippen molar-refractivity contribution >= 4 is 39.9 Å². The topological polar surface area (TPSA) is 86.9 Å². The fraction of sp³-hybridized carbons (Fsp3) is 0.167. The van der Waals surface area contributed by atoms with Crippen molar-refractivity contribution in [3.8, 4) is 0 Å². The van der Waals surface area contributed by atoms with E-state index < -0.39 is 5.82 Å². The molecule has 3 aromatic rings. The number of nitrogens with zero attached hydrogens (tertiary/aromatic N) is 1. The zero-order chi connectivity index (χ0) is 18.7. The molecule has 0 radical (unpaired) electrons. The fourth-order valence-corrected chi connectivity index (χ4v) is 2.76. The van der Waals surface area contributed by atoms with Crippen LogP contribution in [-0.4, -0.2) is 22.4 Å². The number of hydrogen-bond donors (Lipinski definition) is 3. The summed E-state index contributed by atoms with van der Waals surface area (Å²) in [6.07, 6.45) is 1.75. The normalized spacial score (nSPS) is 10.7. The van der Waals surface area contributed by atoms with Crippen molar-refractivity contribution in [3.63, 3.8) is 0 Å². The number of hydrogen-bond acceptors (Lipinski definition) is 4. The maximum atomic E-state index is 14.3. The summed E-state index contributed by atoms with van der Waals surface area (Å²) < 4.78 is 14.3. The number of aromatic amines is 1. The lowest BCUT2D eigenvalue weighted by Crippen LogP contribution is -2.17. The Bertz CT molecular complexity index is 1040. The highest BCUT2D eigenvalue weighted by Gasteiger charge is 2.11. The molecule has 0 atom stereocenters. The summed E-state index contributed by atoms with van der Waals surface area (Å²) >= 11 is 5.98. The van der Waals surface area contributed by atoms with E-state index in [0.717, 1.165) is 5.39 Å². The van der Waals surface area contributed by atoms with E-state index >= 15 is 0 Å². The second kappa shape index (κ2) is 7.53. The van der Waals surface area contributed by atoms with Crippen LogP contribution in [0, 0.1) is 5.82 Å². The molecule has 0 bridgehead atoms. The van der Waals surface area contributed by atoms with Crippen molar-refractivity contribution in [1.82, 2.24) is 9.97 Å². The van der Waals surface area contributed by atoms with Crippen LogP contribution < -0.4 is 16.2 Å². The Morgan fingerprint density at radius 3 is 2.88 bits per heavy atom. The Kier molecular flexibility index (Phi) is 5.18. The summed E-state index contributed by atoms with van der Waals surface area (Å²) in [7, 11) is 0. The number of H-pyrrole nitrogens is 1. The van der Waals surface area contributed by atoms with Crippen LogP contribution >= 0.6 is 11.6 Å². The van der Waals surface area contributed by atoms with Gasteiger partial charge in [0.05, 0.1) is 5.69 Å². The first-order valence-corrected chi connectivity index (χ1v) is 8.29. The number of nitrogens with one attached hydrogen (secondary N) is 3. The van der Waals surface area contributed by atoms with Crippen LogP contribution in [0.25, 0.3) is 10.9 Å². The first kappa shape index (κ1) is 17.9. The lowest BCUT2D eigenvalue weighted by molar-refractivity contribution is -0.114. The van der Waals surface area contributed by atoms with Crippen molar-refractivity contribution in [2.24, 2.45) is 0 Å². The second-order valence-corrected chi connectivity index (χ2v) is 6.17. The molecule has 0 aliphatic rings. The van der Waals surface area contributed by atoms with Crippen molar-refractivity contribution in [2.75, 3.05) is 17.2 Å². The molecule has 0 fully saturated rings. The number of aromatic nitrogens is 2. The quantitative estimate of drug-likeness (QED) is 0.639. The van der Waals surface area contributed by atoms with Crippen LogP contribution in [0.4, 0.5) is 15.9 Å². The van der Waals surface area contributed by atoms with Gasteiger partial charge in [-0.1, -0.05) is 11.6 Å². The molecule has 6 nitrogen and oxygen atoms in total. The highest BCUT2D eigenvalue weighted by atomic mass is 35.5. The Balaban J connectivity index is 1.74. The van der Waals surface area contributed by atoms with E-state index in [2.05, 4.69) is 20.6 Å². The minimum absolute atomic E-state index is 0.0107. The summed E-state index contributed by atoms with van der Waals surface area (Å²) in [5.74, 6) is -1.01. The Morgan fingerprint density at radius 2 is 2.12 bits per heavy atom. The minimum atomic E-state index is -0.651. The molecule has 0 unspecified atom stereocenters. The predicted octanol–water partition coefficient (Wildman–Crippen LogP) is 3.33. The first-order valence-electron chi connectivity index (χ1n) is 7.91. The third kappa shape index (κ3) is 4.00. The number of halogens is 2. The Labute approximate surface area is 153 Å². The number of carbonyl (C=O) groups excluding carboxylic acids is 1. The average Bonchev–Trinajstić information content (AvgIpc) is 2.58. The predicted molar refractivity (Wildman–Crippen MR) is 100 cm³/mol. The van der Waals surface area contributed by atoms with Crippen LogP contribution in [0.1, 0.15) is 12.5 Å². The molecule has 1 aromatic carbocycles. The minimum Gasteiger partial charge on any atom is -0.367 e. The smallest absolute Gasteiger partial charge is 0.251 e. The molecule has 1 amide bonds. The van der Waals surface area contributed by atoms with Crippen LogP contribution in [0.3, 0.4) is 0 Å². The van der Waals surface area contributed by atoms with Crippen LogP contribution in [-0.2, 0) is 11.2 Å². The van der Waals surface area contributed by atoms with Gasteiger partial charge in [0, 0.05) is 35.8 Å². The van der Waals surface area contributed by atoms with Crippen LogP contribution in [0.5, 0.6) is 0 Å². The zero-order valence-corrected chi connectivity index (χ0v) is 14.7. The molecule has 0 aliphatic carbocycles. The molecule has 0 aliphatic heterocycles. The molecule has 2 heterocycles. The lowest BCUT2D eigenvalue weighted by atomic mass is 10.1. The van der Waals surface area contributed by atoms with E-state index in [1.165, 1.54) is 19.2 Å². The maximum absolute atomic E-state index is 14.3. The molecular formula is C18H16ClFN4O2. The van der Waals surface area contributed by atoms with Gasteiger partial charge in [0.2, 0.25) is 5.91 Å². The Morgan fingerprint density at radius 1 is 1.31 bits per heavy atom. The number of rotatable bonds is 5. The molecule has 3 rings (SSSR count). The van der Waals surface area contributed by atoms with Crippen LogP contribution in [0.2, 0.25) is 5.02 Å². The van der Waals surface area contributed by atoms with Gasteiger partial charge in [0.1, 0.15) is 0 Å². The average molecular weight is 375 g/mol. The monoisotopic (exact) mass is 374 g/mol. The van der Waals surface area contributed by atoms with Crippen molar-refractivity contribution in [2.45, 2.75) is 13.3 Å². The number of pyridine rings is 2. The SMILES string of the molecule is CC(=O)Nc1ccnc(NCCc2cc3cc(Cl)ccc3[nH]c2=O)c1F. The van der Waals surface area contributed by atoms with Gasteiger partial charge in [-0.2, -0.15) is 0 Å². The van der Waals surface area contributed by atoms with Crippen molar-refractivity contribution < 1.29 is 9.18 Å². The molecular weight excluding hydrogens is 359 g/mol. The van der Waals surface area contributed by atoms with Gasteiger partial charge in [0.25, 0.3) is 5.56 Å². The molecule has 0 saturated heterocycles. The van der Waals surface area contributed by atoms with E-state index in [4.69, 9.17) is 11.6 Å². The Hall–Kier alpha value is -2.93. The van der Waals surface area contributed by atoms with Gasteiger partial charge < -0.3 is 15.6 Å². The van der Waals surface area contributed by atoms with Crippen LogP contribution in [0.15, 0.2) is 41.3 Å². The molecule has 3 N–H and O–H groups in total. The molecule has 8 heteroatoms. The van der Waals surface area contributed by atoms with Gasteiger partial charge >= 0.3 is 0 Å².